The van der Waals surface area contributed by atoms with Crippen molar-refractivity contribution in [2.75, 3.05) is 32.9 Å². The lowest BCUT2D eigenvalue weighted by atomic mass is 10.5. The van der Waals surface area contributed by atoms with Gasteiger partial charge in [-0.3, -0.25) is 0 Å². The molecule has 0 radical (unpaired) electrons. The van der Waals surface area contributed by atoms with Gasteiger partial charge in [0.1, 0.15) is 6.61 Å². The first kappa shape index (κ1) is 11.8. The molecule has 0 saturated heterocycles. The highest BCUT2D eigenvalue weighted by atomic mass is 32.1. The second-order valence-electron chi connectivity index (χ2n) is 2.16. The quantitative estimate of drug-likeness (QED) is 0.426. The fourth-order valence-electron chi connectivity index (χ4n) is 0.590. The van der Waals surface area contributed by atoms with Crippen LogP contribution in [0.3, 0.4) is 0 Å². The van der Waals surface area contributed by atoms with Gasteiger partial charge < -0.3 is 20.9 Å². The second kappa shape index (κ2) is 8.86. The first-order chi connectivity index (χ1) is 5.81. The Bertz CT molecular complexity index is 122. The van der Waals surface area contributed by atoms with Crippen LogP contribution in [0.2, 0.25) is 0 Å². The Morgan fingerprint density at radius 3 is 2.42 bits per heavy atom. The van der Waals surface area contributed by atoms with Gasteiger partial charge in [0.25, 0.3) is 0 Å². The maximum atomic E-state index is 5.27. The first-order valence-corrected chi connectivity index (χ1v) is 4.35. The molecular weight excluding hydrogens is 176 g/mol. The Kier molecular flexibility index (Phi) is 8.69. The zero-order chi connectivity index (χ0) is 9.23. The number of hydrogen-bond acceptors (Lipinski definition) is 5. The molecule has 72 valence electrons. The molecule has 0 rings (SSSR count). The molecule has 0 aromatic carbocycles. The Morgan fingerprint density at radius 1 is 1.08 bits per heavy atom. The van der Waals surface area contributed by atoms with E-state index in [9.17, 15) is 0 Å². The summed E-state index contributed by atoms with van der Waals surface area (Å²) < 4.78 is 10.2. The molecule has 0 aromatic rings. The summed E-state index contributed by atoms with van der Waals surface area (Å²) in [4.78, 5) is 0. The van der Waals surface area contributed by atoms with Gasteiger partial charge in [0.15, 0.2) is 5.05 Å². The van der Waals surface area contributed by atoms with E-state index in [1.807, 2.05) is 0 Å². The third-order valence-corrected chi connectivity index (χ3v) is 1.42. The van der Waals surface area contributed by atoms with E-state index < -0.39 is 0 Å². The third kappa shape index (κ3) is 7.87. The van der Waals surface area contributed by atoms with Crippen molar-refractivity contribution in [1.29, 1.82) is 0 Å². The fraction of sp³-hybridized carbons (Fsp3) is 0.857. The zero-order valence-electron chi connectivity index (χ0n) is 7.12. The minimum Gasteiger partial charge on any atom is -0.485 e. The van der Waals surface area contributed by atoms with E-state index >= 15 is 0 Å². The van der Waals surface area contributed by atoms with Gasteiger partial charge in [-0.05, 0) is 12.2 Å². The van der Waals surface area contributed by atoms with E-state index in [2.05, 4.69) is 0 Å². The van der Waals surface area contributed by atoms with E-state index in [4.69, 9.17) is 33.2 Å². The number of thiocarbonyl (C=S) groups is 1. The second-order valence-corrected chi connectivity index (χ2v) is 2.62. The van der Waals surface area contributed by atoms with Gasteiger partial charge in [-0.25, -0.2) is 0 Å². The minimum absolute atomic E-state index is 0.485. The van der Waals surface area contributed by atoms with Crippen LogP contribution in [0.4, 0.5) is 0 Å². The molecule has 0 saturated carbocycles. The molecule has 4 nitrogen and oxygen atoms in total. The van der Waals surface area contributed by atoms with Crippen LogP contribution >= 0.6 is 12.2 Å². The van der Waals surface area contributed by atoms with Gasteiger partial charge in [0, 0.05) is 19.5 Å². The largest absolute Gasteiger partial charge is 0.485 e. The Balaban J connectivity index is 3.03. The molecular formula is C7H16N2O2S. The summed E-state index contributed by atoms with van der Waals surface area (Å²) >= 11 is 4.85. The lowest BCUT2D eigenvalue weighted by Gasteiger charge is -2.06. The van der Waals surface area contributed by atoms with Gasteiger partial charge in [-0.15, -0.1) is 0 Å². The number of nitrogens with two attached hydrogens (primary N) is 2. The molecule has 0 aromatic heterocycles. The molecule has 0 bridgehead atoms. The number of ether oxygens (including phenoxy) is 2. The fourth-order valence-corrected chi connectivity index (χ4v) is 0.791. The van der Waals surface area contributed by atoms with Crippen LogP contribution in [0.5, 0.6) is 0 Å². The van der Waals surface area contributed by atoms with E-state index in [1.54, 1.807) is 0 Å². The zero-order valence-corrected chi connectivity index (χ0v) is 7.94. The third-order valence-electron chi connectivity index (χ3n) is 1.10. The molecule has 0 fully saturated rings. The van der Waals surface area contributed by atoms with Crippen LogP contribution in [-0.4, -0.2) is 38.0 Å². The first-order valence-electron chi connectivity index (χ1n) is 3.94. The van der Waals surface area contributed by atoms with Gasteiger partial charge in [0.05, 0.1) is 13.2 Å². The predicted molar refractivity (Wildman–Crippen MR) is 52.1 cm³/mol. The van der Waals surface area contributed by atoms with Crippen LogP contribution in [0.1, 0.15) is 6.42 Å². The molecule has 0 heterocycles. The highest BCUT2D eigenvalue weighted by Crippen LogP contribution is 1.87. The lowest BCUT2D eigenvalue weighted by molar-refractivity contribution is 0.102. The molecule has 0 atom stereocenters. The van der Waals surface area contributed by atoms with E-state index in [-0.39, 0.29) is 0 Å². The van der Waals surface area contributed by atoms with E-state index in [0.29, 0.717) is 44.4 Å². The standard InChI is InChI=1S/C7H16N2O2S/c8-2-1-7(12)11-6-5-10-4-3-9/h1-6,8-9H2. The lowest BCUT2D eigenvalue weighted by Crippen LogP contribution is -2.15. The van der Waals surface area contributed by atoms with Crippen LogP contribution in [0, 0.1) is 0 Å². The summed E-state index contributed by atoms with van der Waals surface area (Å²) in [5, 5.41) is 0.550. The molecule has 0 spiro atoms. The summed E-state index contributed by atoms with van der Waals surface area (Å²) in [5.41, 5.74) is 10.5. The van der Waals surface area contributed by atoms with E-state index in [1.165, 1.54) is 0 Å². The molecule has 0 amide bonds. The summed E-state index contributed by atoms with van der Waals surface area (Å²) in [7, 11) is 0. The molecule has 5 heteroatoms. The van der Waals surface area contributed by atoms with Crippen molar-refractivity contribution in [3.05, 3.63) is 0 Å². The topological polar surface area (TPSA) is 70.5 Å². The van der Waals surface area contributed by atoms with Crippen molar-refractivity contribution in [1.82, 2.24) is 0 Å². The van der Waals surface area contributed by atoms with Crippen LogP contribution < -0.4 is 11.5 Å². The Hall–Kier alpha value is -0.230. The summed E-state index contributed by atoms with van der Waals surface area (Å²) in [5.74, 6) is 0. The minimum atomic E-state index is 0.485. The van der Waals surface area contributed by atoms with Crippen molar-refractivity contribution < 1.29 is 9.47 Å². The molecule has 0 aliphatic carbocycles. The normalized spacial score (nSPS) is 9.83. The molecule has 4 N–H and O–H groups in total. The Morgan fingerprint density at radius 2 is 1.83 bits per heavy atom. The van der Waals surface area contributed by atoms with Gasteiger partial charge in [-0.2, -0.15) is 0 Å². The van der Waals surface area contributed by atoms with Crippen LogP contribution in [-0.2, 0) is 9.47 Å². The van der Waals surface area contributed by atoms with Gasteiger partial charge in [-0.1, -0.05) is 0 Å². The molecule has 0 aliphatic rings. The maximum absolute atomic E-state index is 5.27. The van der Waals surface area contributed by atoms with Crippen molar-refractivity contribution in [3.63, 3.8) is 0 Å². The Labute approximate surface area is 78.2 Å². The monoisotopic (exact) mass is 192 g/mol. The predicted octanol–water partition coefficient (Wildman–Crippen LogP) is -0.345. The highest BCUT2D eigenvalue weighted by molar-refractivity contribution is 7.80. The summed E-state index contributed by atoms with van der Waals surface area (Å²) in [6.07, 6.45) is 0.631. The SMILES string of the molecule is NCCOCCOC(=S)CCN. The van der Waals surface area contributed by atoms with E-state index in [0.717, 1.165) is 0 Å². The summed E-state index contributed by atoms with van der Waals surface area (Å²) in [6, 6.07) is 0. The highest BCUT2D eigenvalue weighted by Gasteiger charge is 1.94. The van der Waals surface area contributed by atoms with Crippen LogP contribution in [0.15, 0.2) is 0 Å². The van der Waals surface area contributed by atoms with Crippen molar-refractivity contribution in [3.8, 4) is 0 Å². The van der Waals surface area contributed by atoms with Gasteiger partial charge in [0.2, 0.25) is 0 Å². The van der Waals surface area contributed by atoms with Crippen molar-refractivity contribution in [2.45, 2.75) is 6.42 Å². The van der Waals surface area contributed by atoms with Crippen molar-refractivity contribution >= 4 is 17.3 Å². The maximum Gasteiger partial charge on any atom is 0.161 e. The van der Waals surface area contributed by atoms with Crippen LogP contribution in [0.25, 0.3) is 0 Å². The average Bonchev–Trinajstić information content (AvgIpc) is 2.05. The summed E-state index contributed by atoms with van der Waals surface area (Å²) in [6.45, 7) is 2.64. The average molecular weight is 192 g/mol. The molecule has 12 heavy (non-hydrogen) atoms. The van der Waals surface area contributed by atoms with Crippen molar-refractivity contribution in [2.24, 2.45) is 11.5 Å². The molecule has 0 unspecified atom stereocenters. The number of hydrogen-bond donors (Lipinski definition) is 2. The smallest absolute Gasteiger partial charge is 0.161 e. The molecule has 0 aliphatic heterocycles. The van der Waals surface area contributed by atoms with Gasteiger partial charge >= 0.3 is 0 Å². The number of rotatable bonds is 7.